The third-order valence-electron chi connectivity index (χ3n) is 1.44. The summed E-state index contributed by atoms with van der Waals surface area (Å²) in [6, 6.07) is 0. The summed E-state index contributed by atoms with van der Waals surface area (Å²) in [6.45, 7) is -0.727. The minimum atomic E-state index is -1.49. The Hall–Kier alpha value is -2.45. The van der Waals surface area contributed by atoms with Crippen molar-refractivity contribution in [3.63, 3.8) is 0 Å². The number of carboxylic acid groups (broad SMARTS) is 1. The quantitative estimate of drug-likeness (QED) is 0.429. The SMILES string of the molecule is O=C([O-])CNC(=O)c1[nH]ncc1[N+](=O)[O-]. The molecule has 2 N–H and O–H groups in total. The van der Waals surface area contributed by atoms with Crippen molar-refractivity contribution >= 4 is 17.6 Å². The van der Waals surface area contributed by atoms with Crippen LogP contribution in [0.2, 0.25) is 0 Å². The fourth-order valence-electron chi connectivity index (χ4n) is 0.826. The van der Waals surface area contributed by atoms with E-state index in [1.165, 1.54) is 0 Å². The van der Waals surface area contributed by atoms with Gasteiger partial charge >= 0.3 is 5.69 Å². The molecule has 0 bridgehead atoms. The molecule has 1 heterocycles. The van der Waals surface area contributed by atoms with E-state index >= 15 is 0 Å². The van der Waals surface area contributed by atoms with Crippen LogP contribution >= 0.6 is 0 Å². The van der Waals surface area contributed by atoms with Crippen molar-refractivity contribution in [3.8, 4) is 0 Å². The number of aromatic amines is 1. The number of hydrogen-bond donors (Lipinski definition) is 2. The van der Waals surface area contributed by atoms with Crippen LogP contribution in [0.1, 0.15) is 10.5 Å². The number of hydrogen-bond acceptors (Lipinski definition) is 6. The molecule has 0 spiro atoms. The van der Waals surface area contributed by atoms with Crippen molar-refractivity contribution in [2.75, 3.05) is 6.54 Å². The molecule has 1 aromatic heterocycles. The average Bonchev–Trinajstić information content (AvgIpc) is 2.62. The van der Waals surface area contributed by atoms with Gasteiger partial charge in [0.15, 0.2) is 0 Å². The predicted octanol–water partition coefficient (Wildman–Crippen LogP) is -2.20. The summed E-state index contributed by atoms with van der Waals surface area (Å²) in [5, 5.41) is 27.7. The highest BCUT2D eigenvalue weighted by Crippen LogP contribution is 2.13. The first-order valence-electron chi connectivity index (χ1n) is 3.68. The Labute approximate surface area is 82.2 Å². The Kier molecular flexibility index (Phi) is 2.96. The van der Waals surface area contributed by atoms with Gasteiger partial charge < -0.3 is 15.2 Å². The van der Waals surface area contributed by atoms with Gasteiger partial charge in [-0.2, -0.15) is 5.10 Å². The number of carbonyl (C=O) groups excluding carboxylic acids is 2. The predicted molar refractivity (Wildman–Crippen MR) is 42.6 cm³/mol. The molecule has 9 heteroatoms. The lowest BCUT2D eigenvalue weighted by Gasteiger charge is -2.02. The molecule has 0 saturated carbocycles. The zero-order chi connectivity index (χ0) is 11.4. The normalized spacial score (nSPS) is 9.60. The molecular formula is C6H5N4O5-. The van der Waals surface area contributed by atoms with Crippen molar-refractivity contribution in [1.82, 2.24) is 15.5 Å². The van der Waals surface area contributed by atoms with E-state index < -0.39 is 34.7 Å². The molecule has 0 aromatic carbocycles. The van der Waals surface area contributed by atoms with Crippen molar-refractivity contribution < 1.29 is 19.6 Å². The van der Waals surface area contributed by atoms with E-state index in [9.17, 15) is 24.8 Å². The van der Waals surface area contributed by atoms with Gasteiger partial charge in [-0.25, -0.2) is 0 Å². The smallest absolute Gasteiger partial charge is 0.319 e. The molecule has 15 heavy (non-hydrogen) atoms. The molecule has 0 fully saturated rings. The summed E-state index contributed by atoms with van der Waals surface area (Å²) in [7, 11) is 0. The molecule has 0 unspecified atom stereocenters. The number of H-pyrrole nitrogens is 1. The minimum Gasteiger partial charge on any atom is -0.548 e. The molecule has 0 aliphatic rings. The highest BCUT2D eigenvalue weighted by molar-refractivity contribution is 5.97. The first-order valence-corrected chi connectivity index (χ1v) is 3.68. The van der Waals surface area contributed by atoms with Crippen LogP contribution in [0.25, 0.3) is 0 Å². The number of nitrogens with zero attached hydrogens (tertiary/aromatic N) is 2. The van der Waals surface area contributed by atoms with Crippen molar-refractivity contribution in [3.05, 3.63) is 22.0 Å². The van der Waals surface area contributed by atoms with Crippen molar-refractivity contribution in [1.29, 1.82) is 0 Å². The maximum atomic E-state index is 11.2. The van der Waals surface area contributed by atoms with Crippen LogP contribution in [0.5, 0.6) is 0 Å². The molecule has 0 aliphatic heterocycles. The number of aromatic nitrogens is 2. The fraction of sp³-hybridized carbons (Fsp3) is 0.167. The number of amides is 1. The Morgan fingerprint density at radius 2 is 2.27 bits per heavy atom. The van der Waals surface area contributed by atoms with Gasteiger partial charge in [0.25, 0.3) is 5.91 Å². The minimum absolute atomic E-state index is 0.402. The van der Waals surface area contributed by atoms with Crippen molar-refractivity contribution in [2.24, 2.45) is 0 Å². The van der Waals surface area contributed by atoms with Gasteiger partial charge in [0, 0.05) is 0 Å². The molecule has 0 atom stereocenters. The third-order valence-corrected chi connectivity index (χ3v) is 1.44. The molecule has 0 radical (unpaired) electrons. The lowest BCUT2D eigenvalue weighted by molar-refractivity contribution is -0.385. The van der Waals surface area contributed by atoms with Crippen LogP contribution in [0.3, 0.4) is 0 Å². The summed E-state index contributed by atoms with van der Waals surface area (Å²) in [4.78, 5) is 30.7. The standard InChI is InChI=1S/C6H6N4O5/c11-4(12)2-7-6(13)5-3(10(14)15)1-8-9-5/h1H,2H2,(H,7,13)(H,8,9)(H,11,12)/p-1. The van der Waals surface area contributed by atoms with Crippen LogP contribution in [0.4, 0.5) is 5.69 Å². The zero-order valence-corrected chi connectivity index (χ0v) is 7.22. The number of nitro groups is 1. The van der Waals surface area contributed by atoms with Crippen LogP contribution in [-0.2, 0) is 4.79 Å². The summed E-state index contributed by atoms with van der Waals surface area (Å²) in [6.07, 6.45) is 0.855. The number of rotatable bonds is 4. The molecular weight excluding hydrogens is 208 g/mol. The highest BCUT2D eigenvalue weighted by Gasteiger charge is 2.22. The topological polar surface area (TPSA) is 141 Å². The number of carbonyl (C=O) groups is 2. The molecule has 0 aliphatic carbocycles. The molecule has 1 amide bonds. The number of nitrogens with one attached hydrogen (secondary N) is 2. The van der Waals surface area contributed by atoms with Crippen LogP contribution in [0.15, 0.2) is 6.20 Å². The van der Waals surface area contributed by atoms with Gasteiger partial charge in [0.2, 0.25) is 5.69 Å². The lowest BCUT2D eigenvalue weighted by atomic mass is 10.3. The van der Waals surface area contributed by atoms with Gasteiger partial charge in [0.1, 0.15) is 6.20 Å². The number of carboxylic acids is 1. The Morgan fingerprint density at radius 1 is 1.60 bits per heavy atom. The Balaban J connectivity index is 2.78. The maximum absolute atomic E-state index is 11.2. The molecule has 80 valence electrons. The van der Waals surface area contributed by atoms with E-state index in [0.717, 1.165) is 6.20 Å². The summed E-state index contributed by atoms with van der Waals surface area (Å²) >= 11 is 0. The van der Waals surface area contributed by atoms with E-state index in [1.54, 1.807) is 0 Å². The first kappa shape index (κ1) is 10.6. The van der Waals surface area contributed by atoms with Crippen molar-refractivity contribution in [2.45, 2.75) is 0 Å². The van der Waals surface area contributed by atoms with E-state index in [-0.39, 0.29) is 0 Å². The van der Waals surface area contributed by atoms with E-state index in [2.05, 4.69) is 10.2 Å². The second-order valence-corrected chi connectivity index (χ2v) is 2.44. The monoisotopic (exact) mass is 213 g/mol. The van der Waals surface area contributed by atoms with Gasteiger partial charge in [-0.3, -0.25) is 20.0 Å². The van der Waals surface area contributed by atoms with E-state index in [1.807, 2.05) is 5.32 Å². The molecule has 1 rings (SSSR count). The second kappa shape index (κ2) is 4.17. The fourth-order valence-corrected chi connectivity index (χ4v) is 0.826. The summed E-state index contributed by atoms with van der Waals surface area (Å²) in [5.74, 6) is -2.42. The van der Waals surface area contributed by atoms with Crippen LogP contribution in [0, 0.1) is 10.1 Å². The average molecular weight is 213 g/mol. The Morgan fingerprint density at radius 3 is 2.80 bits per heavy atom. The Bertz CT molecular complexity index is 411. The van der Waals surface area contributed by atoms with Gasteiger partial charge in [-0.1, -0.05) is 0 Å². The molecule has 0 saturated heterocycles. The third kappa shape index (κ3) is 2.49. The second-order valence-electron chi connectivity index (χ2n) is 2.44. The first-order chi connectivity index (χ1) is 7.02. The maximum Gasteiger partial charge on any atom is 0.319 e. The highest BCUT2D eigenvalue weighted by atomic mass is 16.6. The van der Waals surface area contributed by atoms with E-state index in [0.29, 0.717) is 0 Å². The zero-order valence-electron chi connectivity index (χ0n) is 7.22. The van der Waals surface area contributed by atoms with Crippen LogP contribution in [-0.4, -0.2) is 33.5 Å². The van der Waals surface area contributed by atoms with E-state index in [4.69, 9.17) is 0 Å². The number of aliphatic carboxylic acids is 1. The molecule has 9 nitrogen and oxygen atoms in total. The summed E-state index contributed by atoms with van der Waals surface area (Å²) in [5.41, 5.74) is -0.924. The van der Waals surface area contributed by atoms with Gasteiger partial charge in [0.05, 0.1) is 17.4 Å². The van der Waals surface area contributed by atoms with Gasteiger partial charge in [-0.05, 0) is 0 Å². The molecule has 1 aromatic rings. The van der Waals surface area contributed by atoms with Gasteiger partial charge in [-0.15, -0.1) is 0 Å². The summed E-state index contributed by atoms with van der Waals surface area (Å²) < 4.78 is 0. The van der Waals surface area contributed by atoms with Crippen LogP contribution < -0.4 is 10.4 Å². The lowest BCUT2D eigenvalue weighted by Crippen LogP contribution is -2.38. The largest absolute Gasteiger partial charge is 0.548 e.